The number of aryl methyl sites for hydroxylation is 2. The molecule has 0 unspecified atom stereocenters. The molecule has 0 fully saturated rings. The molecule has 0 radical (unpaired) electrons. The van der Waals surface area contributed by atoms with Gasteiger partial charge >= 0.3 is 5.97 Å². The Morgan fingerprint density at radius 3 is 2.44 bits per heavy atom. The van der Waals surface area contributed by atoms with Crippen LogP contribution in [0.5, 0.6) is 0 Å². The van der Waals surface area contributed by atoms with Gasteiger partial charge in [0.25, 0.3) is 0 Å². The molecule has 1 heterocycles. The van der Waals surface area contributed by atoms with Crippen molar-refractivity contribution in [1.82, 2.24) is 9.78 Å². The van der Waals surface area contributed by atoms with Crippen LogP contribution in [-0.2, 0) is 0 Å². The topological polar surface area (TPSA) is 55.1 Å². The zero-order valence-corrected chi connectivity index (χ0v) is 9.14. The van der Waals surface area contributed by atoms with Gasteiger partial charge in [0.15, 0.2) is 5.69 Å². The SMILES string of the molecule is Cc1ccc(-n2nc(C)cc2C(=O)O)cc1. The maximum atomic E-state index is 11.0. The Morgan fingerprint density at radius 1 is 1.25 bits per heavy atom. The molecule has 82 valence electrons. The van der Waals surface area contributed by atoms with E-state index >= 15 is 0 Å². The molecule has 16 heavy (non-hydrogen) atoms. The minimum atomic E-state index is -0.971. The fourth-order valence-corrected chi connectivity index (χ4v) is 1.53. The van der Waals surface area contributed by atoms with Crippen LogP contribution in [0.2, 0.25) is 0 Å². The molecule has 2 aromatic rings. The molecule has 0 aliphatic heterocycles. The number of rotatable bonds is 2. The number of carboxylic acid groups (broad SMARTS) is 1. The minimum absolute atomic E-state index is 0.182. The average Bonchev–Trinajstić information content (AvgIpc) is 2.61. The molecule has 0 atom stereocenters. The number of aromatic nitrogens is 2. The zero-order chi connectivity index (χ0) is 11.7. The van der Waals surface area contributed by atoms with Gasteiger partial charge in [0.05, 0.1) is 11.4 Å². The molecule has 4 heteroatoms. The third-order valence-corrected chi connectivity index (χ3v) is 2.33. The van der Waals surface area contributed by atoms with Crippen molar-refractivity contribution in [1.29, 1.82) is 0 Å². The van der Waals surface area contributed by atoms with Crippen LogP contribution in [-0.4, -0.2) is 20.9 Å². The molecule has 0 saturated heterocycles. The number of hydrogen-bond acceptors (Lipinski definition) is 2. The van der Waals surface area contributed by atoms with E-state index in [2.05, 4.69) is 5.10 Å². The lowest BCUT2D eigenvalue weighted by Gasteiger charge is -2.04. The van der Waals surface area contributed by atoms with E-state index in [0.717, 1.165) is 11.3 Å². The van der Waals surface area contributed by atoms with Crippen molar-refractivity contribution in [3.05, 3.63) is 47.3 Å². The normalized spacial score (nSPS) is 10.4. The van der Waals surface area contributed by atoms with Gasteiger partial charge in [-0.25, -0.2) is 9.48 Å². The first-order valence-electron chi connectivity index (χ1n) is 4.95. The van der Waals surface area contributed by atoms with E-state index in [1.54, 1.807) is 13.0 Å². The smallest absolute Gasteiger partial charge is 0.354 e. The largest absolute Gasteiger partial charge is 0.477 e. The number of carboxylic acids is 1. The molecule has 0 amide bonds. The van der Waals surface area contributed by atoms with E-state index in [0.29, 0.717) is 5.69 Å². The number of benzene rings is 1. The van der Waals surface area contributed by atoms with Crippen molar-refractivity contribution in [2.75, 3.05) is 0 Å². The maximum Gasteiger partial charge on any atom is 0.354 e. The molecule has 0 spiro atoms. The Labute approximate surface area is 93.1 Å². The summed E-state index contributed by atoms with van der Waals surface area (Å²) >= 11 is 0. The molecule has 0 bridgehead atoms. The van der Waals surface area contributed by atoms with Crippen molar-refractivity contribution in [3.8, 4) is 5.69 Å². The summed E-state index contributed by atoms with van der Waals surface area (Å²) in [6.07, 6.45) is 0. The van der Waals surface area contributed by atoms with Gasteiger partial charge in [-0.05, 0) is 32.0 Å². The maximum absolute atomic E-state index is 11.0. The standard InChI is InChI=1S/C12H12N2O2/c1-8-3-5-10(6-4-8)14-11(12(15)16)7-9(2)13-14/h3-7H,1-2H3,(H,15,16). The molecule has 2 rings (SSSR count). The third-order valence-electron chi connectivity index (χ3n) is 2.33. The van der Waals surface area contributed by atoms with Crippen molar-refractivity contribution in [3.63, 3.8) is 0 Å². The Hall–Kier alpha value is -2.10. The van der Waals surface area contributed by atoms with Crippen LogP contribution in [0.25, 0.3) is 5.69 Å². The highest BCUT2D eigenvalue weighted by Gasteiger charge is 2.13. The summed E-state index contributed by atoms with van der Waals surface area (Å²) < 4.78 is 1.44. The van der Waals surface area contributed by atoms with Crippen molar-refractivity contribution in [2.24, 2.45) is 0 Å². The second kappa shape index (κ2) is 3.81. The fourth-order valence-electron chi connectivity index (χ4n) is 1.53. The second-order valence-electron chi connectivity index (χ2n) is 3.72. The predicted octanol–water partition coefficient (Wildman–Crippen LogP) is 2.19. The van der Waals surface area contributed by atoms with Crippen LogP contribution in [0, 0.1) is 13.8 Å². The predicted molar refractivity (Wildman–Crippen MR) is 60.0 cm³/mol. The summed E-state index contributed by atoms with van der Waals surface area (Å²) in [7, 11) is 0. The van der Waals surface area contributed by atoms with Crippen LogP contribution >= 0.6 is 0 Å². The van der Waals surface area contributed by atoms with Gasteiger partial charge in [-0.15, -0.1) is 0 Å². The molecular formula is C12H12N2O2. The summed E-state index contributed by atoms with van der Waals surface area (Å²) in [5, 5.41) is 13.2. The molecule has 0 aliphatic rings. The van der Waals surface area contributed by atoms with Crippen LogP contribution < -0.4 is 0 Å². The van der Waals surface area contributed by atoms with E-state index < -0.39 is 5.97 Å². The van der Waals surface area contributed by atoms with Gasteiger partial charge in [0.2, 0.25) is 0 Å². The highest BCUT2D eigenvalue weighted by Crippen LogP contribution is 2.13. The van der Waals surface area contributed by atoms with Gasteiger partial charge in [-0.2, -0.15) is 5.10 Å². The Balaban J connectivity index is 2.55. The summed E-state index contributed by atoms with van der Waals surface area (Å²) in [4.78, 5) is 11.0. The Kier molecular flexibility index (Phi) is 2.48. The highest BCUT2D eigenvalue weighted by molar-refractivity contribution is 5.86. The van der Waals surface area contributed by atoms with Gasteiger partial charge in [-0.3, -0.25) is 0 Å². The van der Waals surface area contributed by atoms with E-state index in [1.165, 1.54) is 4.68 Å². The monoisotopic (exact) mass is 216 g/mol. The van der Waals surface area contributed by atoms with Crippen LogP contribution in [0.4, 0.5) is 0 Å². The third kappa shape index (κ3) is 1.82. The first kappa shape index (κ1) is 10.4. The van der Waals surface area contributed by atoms with Crippen LogP contribution in [0.1, 0.15) is 21.7 Å². The summed E-state index contributed by atoms with van der Waals surface area (Å²) in [6.45, 7) is 3.76. The van der Waals surface area contributed by atoms with Gasteiger partial charge in [0.1, 0.15) is 0 Å². The molecule has 0 aliphatic carbocycles. The molecule has 4 nitrogen and oxygen atoms in total. The number of aromatic carboxylic acids is 1. The molecular weight excluding hydrogens is 204 g/mol. The second-order valence-corrected chi connectivity index (χ2v) is 3.72. The molecule has 0 saturated carbocycles. The van der Waals surface area contributed by atoms with Crippen molar-refractivity contribution >= 4 is 5.97 Å². The number of carbonyl (C=O) groups is 1. The minimum Gasteiger partial charge on any atom is -0.477 e. The van der Waals surface area contributed by atoms with Crippen molar-refractivity contribution < 1.29 is 9.90 Å². The summed E-state index contributed by atoms with van der Waals surface area (Å²) in [5.41, 5.74) is 2.76. The summed E-state index contributed by atoms with van der Waals surface area (Å²) in [6, 6.07) is 9.13. The first-order valence-corrected chi connectivity index (χ1v) is 4.95. The number of hydrogen-bond donors (Lipinski definition) is 1. The van der Waals surface area contributed by atoms with E-state index in [1.807, 2.05) is 31.2 Å². The van der Waals surface area contributed by atoms with Gasteiger partial charge < -0.3 is 5.11 Å². The lowest BCUT2D eigenvalue weighted by molar-refractivity contribution is 0.0687. The van der Waals surface area contributed by atoms with Crippen LogP contribution in [0.15, 0.2) is 30.3 Å². The quantitative estimate of drug-likeness (QED) is 0.837. The fraction of sp³-hybridized carbons (Fsp3) is 0.167. The Morgan fingerprint density at radius 2 is 1.88 bits per heavy atom. The molecule has 1 aromatic heterocycles. The lowest BCUT2D eigenvalue weighted by Crippen LogP contribution is -2.07. The molecule has 1 aromatic carbocycles. The van der Waals surface area contributed by atoms with Crippen molar-refractivity contribution in [2.45, 2.75) is 13.8 Å². The van der Waals surface area contributed by atoms with E-state index in [9.17, 15) is 4.79 Å². The lowest BCUT2D eigenvalue weighted by atomic mass is 10.2. The molecule has 1 N–H and O–H groups in total. The van der Waals surface area contributed by atoms with Crippen LogP contribution in [0.3, 0.4) is 0 Å². The van der Waals surface area contributed by atoms with E-state index in [4.69, 9.17) is 5.11 Å². The average molecular weight is 216 g/mol. The van der Waals surface area contributed by atoms with E-state index in [-0.39, 0.29) is 5.69 Å². The zero-order valence-electron chi connectivity index (χ0n) is 9.14. The van der Waals surface area contributed by atoms with Gasteiger partial charge in [0, 0.05) is 0 Å². The first-order chi connectivity index (χ1) is 7.58. The Bertz CT molecular complexity index is 526. The highest BCUT2D eigenvalue weighted by atomic mass is 16.4. The number of nitrogens with zero attached hydrogens (tertiary/aromatic N) is 2. The summed E-state index contributed by atoms with van der Waals surface area (Å²) in [5.74, 6) is -0.971. The van der Waals surface area contributed by atoms with Gasteiger partial charge in [-0.1, -0.05) is 17.7 Å².